The fourth-order valence-corrected chi connectivity index (χ4v) is 4.01. The first-order chi connectivity index (χ1) is 12.1. The molecule has 0 N–H and O–H groups in total. The van der Waals surface area contributed by atoms with Gasteiger partial charge in [-0.15, -0.1) is 11.5 Å². The van der Waals surface area contributed by atoms with Crippen LogP contribution in [0.1, 0.15) is 39.0 Å². The molecule has 1 saturated heterocycles. The summed E-state index contributed by atoms with van der Waals surface area (Å²) < 4.78 is 17.9. The standard InChI is InChI=1S/C16H24N4O3S2/c1-4-6-7-8-12-23-13-9-11-19(10-5-2)16(21)20(13)14-17-18-15(24-14)25(3)22/h2,13H,4,6-12H2,1,3H3. The maximum atomic E-state index is 12.8. The second-order valence-corrected chi connectivity index (χ2v) is 8.27. The minimum absolute atomic E-state index is 0.240. The Kier molecular flexibility index (Phi) is 7.96. The average molecular weight is 385 g/mol. The molecule has 25 heavy (non-hydrogen) atoms. The quantitative estimate of drug-likeness (QED) is 0.283. The summed E-state index contributed by atoms with van der Waals surface area (Å²) in [4.78, 5) is 15.9. The maximum Gasteiger partial charge on any atom is 0.329 e. The minimum Gasteiger partial charge on any atom is -0.610 e. The largest absolute Gasteiger partial charge is 0.610 e. The van der Waals surface area contributed by atoms with Gasteiger partial charge in [-0.25, -0.2) is 9.69 Å². The Labute approximate surface area is 155 Å². The number of urea groups is 1. The number of unbranched alkanes of at least 4 members (excludes halogenated alkanes) is 3. The van der Waals surface area contributed by atoms with Crippen LogP contribution in [0.3, 0.4) is 0 Å². The molecule has 1 aromatic heterocycles. The van der Waals surface area contributed by atoms with Gasteiger partial charge in [-0.1, -0.05) is 37.2 Å². The molecule has 2 heterocycles. The lowest BCUT2D eigenvalue weighted by molar-refractivity contribution is 0.0283. The number of ether oxygens (including phenoxy) is 1. The highest BCUT2D eigenvalue weighted by atomic mass is 32.2. The van der Waals surface area contributed by atoms with Crippen molar-refractivity contribution in [2.75, 3.05) is 30.9 Å². The molecule has 0 aromatic carbocycles. The first-order valence-electron chi connectivity index (χ1n) is 8.38. The fraction of sp³-hybridized carbons (Fsp3) is 0.688. The van der Waals surface area contributed by atoms with Crippen LogP contribution in [0.5, 0.6) is 0 Å². The molecule has 138 valence electrons. The van der Waals surface area contributed by atoms with Gasteiger partial charge in [-0.2, -0.15) is 0 Å². The molecule has 0 saturated carbocycles. The van der Waals surface area contributed by atoms with Crippen molar-refractivity contribution in [3.05, 3.63) is 0 Å². The van der Waals surface area contributed by atoms with Crippen LogP contribution in [0.25, 0.3) is 0 Å². The third-order valence-electron chi connectivity index (χ3n) is 3.85. The lowest BCUT2D eigenvalue weighted by Gasteiger charge is -2.38. The zero-order chi connectivity index (χ0) is 18.2. The van der Waals surface area contributed by atoms with Gasteiger partial charge in [0, 0.05) is 30.7 Å². The normalized spacial score (nSPS) is 19.1. The van der Waals surface area contributed by atoms with Crippen molar-refractivity contribution in [2.45, 2.75) is 49.6 Å². The number of carbonyl (C=O) groups excluding carboxylic acids is 1. The van der Waals surface area contributed by atoms with Crippen molar-refractivity contribution < 1.29 is 14.1 Å². The second kappa shape index (κ2) is 9.97. The van der Waals surface area contributed by atoms with Gasteiger partial charge in [0.25, 0.3) is 0 Å². The zero-order valence-corrected chi connectivity index (χ0v) is 16.3. The summed E-state index contributed by atoms with van der Waals surface area (Å²) in [5, 5.41) is 8.35. The van der Waals surface area contributed by atoms with E-state index in [0.717, 1.165) is 30.6 Å². The Morgan fingerprint density at radius 3 is 2.88 bits per heavy atom. The van der Waals surface area contributed by atoms with Crippen LogP contribution in [0.4, 0.5) is 9.93 Å². The smallest absolute Gasteiger partial charge is 0.329 e. The Morgan fingerprint density at radius 2 is 2.24 bits per heavy atom. The van der Waals surface area contributed by atoms with Crippen LogP contribution in [0.15, 0.2) is 4.34 Å². The molecular formula is C16H24N4O3S2. The number of hydrogen-bond donors (Lipinski definition) is 0. The van der Waals surface area contributed by atoms with Gasteiger partial charge in [0.05, 0.1) is 6.54 Å². The van der Waals surface area contributed by atoms with E-state index < -0.39 is 17.4 Å². The number of carbonyl (C=O) groups is 1. The van der Waals surface area contributed by atoms with E-state index in [2.05, 4.69) is 23.0 Å². The molecular weight excluding hydrogens is 360 g/mol. The van der Waals surface area contributed by atoms with Crippen molar-refractivity contribution in [1.82, 2.24) is 15.1 Å². The lowest BCUT2D eigenvalue weighted by atomic mass is 10.2. The summed E-state index contributed by atoms with van der Waals surface area (Å²) in [6.45, 7) is 3.54. The van der Waals surface area contributed by atoms with Crippen LogP contribution in [0, 0.1) is 12.3 Å². The van der Waals surface area contributed by atoms with Crippen LogP contribution in [0.2, 0.25) is 0 Å². The van der Waals surface area contributed by atoms with Crippen molar-refractivity contribution in [2.24, 2.45) is 0 Å². The predicted octanol–water partition coefficient (Wildman–Crippen LogP) is 2.46. The Bertz CT molecular complexity index is 602. The van der Waals surface area contributed by atoms with Gasteiger partial charge < -0.3 is 14.2 Å². The number of rotatable bonds is 9. The molecule has 1 aliphatic heterocycles. The van der Waals surface area contributed by atoms with Crippen LogP contribution >= 0.6 is 11.3 Å². The molecule has 0 aliphatic carbocycles. The predicted molar refractivity (Wildman–Crippen MR) is 99.0 cm³/mol. The van der Waals surface area contributed by atoms with E-state index in [1.165, 1.54) is 17.6 Å². The molecule has 1 aliphatic rings. The molecule has 2 unspecified atom stereocenters. The molecule has 2 rings (SSSR count). The summed E-state index contributed by atoms with van der Waals surface area (Å²) in [5.74, 6) is 2.50. The summed E-state index contributed by atoms with van der Waals surface area (Å²) in [5.41, 5.74) is 0. The summed E-state index contributed by atoms with van der Waals surface area (Å²) in [7, 11) is 0. The molecule has 1 fully saturated rings. The molecule has 2 amide bonds. The van der Waals surface area contributed by atoms with E-state index in [9.17, 15) is 9.35 Å². The van der Waals surface area contributed by atoms with Gasteiger partial charge in [-0.3, -0.25) is 0 Å². The van der Waals surface area contributed by atoms with Gasteiger partial charge in [0.15, 0.2) is 0 Å². The third kappa shape index (κ3) is 5.31. The molecule has 0 spiro atoms. The average Bonchev–Trinajstić information content (AvgIpc) is 3.07. The molecule has 2 atom stereocenters. The van der Waals surface area contributed by atoms with Gasteiger partial charge >= 0.3 is 10.4 Å². The van der Waals surface area contributed by atoms with Crippen LogP contribution < -0.4 is 4.90 Å². The number of aromatic nitrogens is 2. The first-order valence-corrected chi connectivity index (χ1v) is 10.8. The fourth-order valence-electron chi connectivity index (χ4n) is 2.55. The van der Waals surface area contributed by atoms with E-state index in [1.807, 2.05) is 0 Å². The zero-order valence-electron chi connectivity index (χ0n) is 14.6. The van der Waals surface area contributed by atoms with Gasteiger partial charge in [0.1, 0.15) is 12.5 Å². The van der Waals surface area contributed by atoms with E-state index in [1.54, 1.807) is 4.90 Å². The first kappa shape index (κ1) is 20.0. The third-order valence-corrected chi connectivity index (χ3v) is 6.09. The monoisotopic (exact) mass is 384 g/mol. The van der Waals surface area contributed by atoms with Crippen LogP contribution in [-0.2, 0) is 15.9 Å². The number of terminal acetylenes is 1. The molecule has 0 radical (unpaired) electrons. The van der Waals surface area contributed by atoms with Gasteiger partial charge in [-0.05, 0) is 17.8 Å². The second-order valence-electron chi connectivity index (χ2n) is 5.76. The number of nitrogens with zero attached hydrogens (tertiary/aromatic N) is 4. The van der Waals surface area contributed by atoms with Crippen molar-refractivity contribution in [3.63, 3.8) is 0 Å². The summed E-state index contributed by atoms with van der Waals surface area (Å²) in [6.07, 6.45) is 11.5. The van der Waals surface area contributed by atoms with Crippen molar-refractivity contribution in [1.29, 1.82) is 0 Å². The van der Waals surface area contributed by atoms with Gasteiger partial charge in [0.2, 0.25) is 5.13 Å². The highest BCUT2D eigenvalue weighted by molar-refractivity contribution is 7.92. The summed E-state index contributed by atoms with van der Waals surface area (Å²) >= 11 is -0.0893. The molecule has 0 bridgehead atoms. The Hall–Kier alpha value is -1.34. The molecule has 7 nitrogen and oxygen atoms in total. The Balaban J connectivity index is 2.10. The highest BCUT2D eigenvalue weighted by Gasteiger charge is 2.37. The molecule has 1 aromatic rings. The van der Waals surface area contributed by atoms with Crippen molar-refractivity contribution >= 4 is 33.7 Å². The topological polar surface area (TPSA) is 81.6 Å². The number of amides is 2. The lowest BCUT2D eigenvalue weighted by Crippen LogP contribution is -2.55. The number of anilines is 1. The number of hydrogen-bond acceptors (Lipinski definition) is 6. The van der Waals surface area contributed by atoms with Crippen LogP contribution in [-0.4, -0.2) is 57.9 Å². The summed E-state index contributed by atoms with van der Waals surface area (Å²) in [6, 6.07) is -0.243. The highest BCUT2D eigenvalue weighted by Crippen LogP contribution is 2.30. The van der Waals surface area contributed by atoms with E-state index in [-0.39, 0.29) is 12.6 Å². The van der Waals surface area contributed by atoms with E-state index in [4.69, 9.17) is 11.2 Å². The van der Waals surface area contributed by atoms with E-state index in [0.29, 0.717) is 29.0 Å². The minimum atomic E-state index is -1.24. The SMILES string of the molecule is C#CCN1CCC(OCCCCCC)N(c2nnc([S+](C)[O-])s2)C1=O. The molecule has 9 heteroatoms. The van der Waals surface area contributed by atoms with Crippen molar-refractivity contribution in [3.8, 4) is 12.3 Å². The Morgan fingerprint density at radius 1 is 1.44 bits per heavy atom. The maximum absolute atomic E-state index is 12.8. The van der Waals surface area contributed by atoms with E-state index >= 15 is 0 Å².